The molecule has 0 saturated carbocycles. The summed E-state index contributed by atoms with van der Waals surface area (Å²) in [5, 5.41) is 27.4. The van der Waals surface area contributed by atoms with Crippen molar-refractivity contribution in [2.75, 3.05) is 14.2 Å². The lowest BCUT2D eigenvalue weighted by Crippen LogP contribution is -2.49. The Morgan fingerprint density at radius 2 is 1.12 bits per heavy atom. The van der Waals surface area contributed by atoms with Crippen LogP contribution in [0, 0.1) is 17.2 Å². The minimum atomic E-state index is -3.29. The average molecular weight is 564 g/mol. The van der Waals surface area contributed by atoms with E-state index in [2.05, 4.69) is 6.07 Å². The van der Waals surface area contributed by atoms with E-state index in [0.717, 1.165) is 15.9 Å². The van der Waals surface area contributed by atoms with Crippen molar-refractivity contribution in [3.8, 4) is 6.07 Å². The van der Waals surface area contributed by atoms with E-state index in [4.69, 9.17) is 9.47 Å². The van der Waals surface area contributed by atoms with Crippen molar-refractivity contribution in [2.24, 2.45) is 5.92 Å². The SMILES string of the molecule is COC(=O)C(/C(=C(\[O-])OC)[P+](c1ccccc1)(c1ccccc1)c1ccccc1)C(C#N)(C(C)=O)c1ccccc1. The van der Waals surface area contributed by atoms with Crippen molar-refractivity contribution in [3.63, 3.8) is 0 Å². The number of rotatable bonds is 10. The predicted molar refractivity (Wildman–Crippen MR) is 159 cm³/mol. The molecule has 0 bridgehead atoms. The maximum absolute atomic E-state index is 14.3. The molecular formula is C34H30NO5P. The summed E-state index contributed by atoms with van der Waals surface area (Å²) in [6.07, 6.45) is 0. The zero-order valence-corrected chi connectivity index (χ0v) is 24.0. The van der Waals surface area contributed by atoms with Gasteiger partial charge in [-0.05, 0) is 56.0 Å². The van der Waals surface area contributed by atoms with Gasteiger partial charge in [-0.3, -0.25) is 9.59 Å². The van der Waals surface area contributed by atoms with Crippen molar-refractivity contribution in [1.29, 1.82) is 5.26 Å². The molecule has 2 unspecified atom stereocenters. The maximum Gasteiger partial charge on any atom is 0.319 e. The van der Waals surface area contributed by atoms with Gasteiger partial charge in [-0.1, -0.05) is 84.9 Å². The molecule has 0 aliphatic rings. The van der Waals surface area contributed by atoms with Gasteiger partial charge >= 0.3 is 5.97 Å². The van der Waals surface area contributed by atoms with Crippen LogP contribution in [0.5, 0.6) is 0 Å². The number of esters is 1. The molecule has 4 aromatic carbocycles. The van der Waals surface area contributed by atoms with Crippen molar-refractivity contribution in [1.82, 2.24) is 0 Å². The Morgan fingerprint density at radius 3 is 1.44 bits per heavy atom. The van der Waals surface area contributed by atoms with Crippen LogP contribution in [0.4, 0.5) is 0 Å². The Hall–Kier alpha value is -4.72. The predicted octanol–water partition coefficient (Wildman–Crippen LogP) is 4.00. The number of methoxy groups -OCH3 is 2. The van der Waals surface area contributed by atoms with E-state index < -0.39 is 36.3 Å². The molecule has 206 valence electrons. The molecule has 0 aromatic heterocycles. The van der Waals surface area contributed by atoms with E-state index in [9.17, 15) is 20.0 Å². The summed E-state index contributed by atoms with van der Waals surface area (Å²) in [7, 11) is -0.873. The second-order valence-electron chi connectivity index (χ2n) is 9.35. The minimum absolute atomic E-state index is 0.00365. The zero-order chi connectivity index (χ0) is 29.5. The van der Waals surface area contributed by atoms with Crippen LogP contribution in [-0.2, 0) is 24.5 Å². The van der Waals surface area contributed by atoms with Crippen LogP contribution in [0.15, 0.2) is 133 Å². The number of hydrogen-bond acceptors (Lipinski definition) is 6. The first-order valence-corrected chi connectivity index (χ1v) is 14.8. The Labute approximate surface area is 240 Å². The quantitative estimate of drug-likeness (QED) is 0.164. The van der Waals surface area contributed by atoms with E-state index in [1.807, 2.05) is 91.0 Å². The number of Topliss-reactive ketones (excluding diaryl/α,β-unsaturated/α-hetero) is 1. The third-order valence-electron chi connectivity index (χ3n) is 7.29. The number of nitrogens with zero attached hydrogens (tertiary/aromatic N) is 1. The van der Waals surface area contributed by atoms with Gasteiger partial charge in [-0.2, -0.15) is 5.26 Å². The summed E-state index contributed by atoms with van der Waals surface area (Å²) >= 11 is 0. The van der Waals surface area contributed by atoms with Crippen molar-refractivity contribution < 1.29 is 24.2 Å². The van der Waals surface area contributed by atoms with E-state index >= 15 is 0 Å². The van der Waals surface area contributed by atoms with Gasteiger partial charge < -0.3 is 14.6 Å². The average Bonchev–Trinajstić information content (AvgIpc) is 3.03. The second kappa shape index (κ2) is 12.6. The first-order chi connectivity index (χ1) is 19.9. The van der Waals surface area contributed by atoms with Crippen molar-refractivity contribution >= 4 is 34.9 Å². The number of nitriles is 1. The summed E-state index contributed by atoms with van der Waals surface area (Å²) in [5.41, 5.74) is -1.82. The summed E-state index contributed by atoms with van der Waals surface area (Å²) < 4.78 is 10.8. The molecule has 4 rings (SSSR count). The molecule has 2 atom stereocenters. The molecule has 6 nitrogen and oxygen atoms in total. The van der Waals surface area contributed by atoms with Gasteiger partial charge in [-0.15, -0.1) is 0 Å². The molecule has 4 aromatic rings. The first kappa shape index (κ1) is 29.3. The molecule has 0 saturated heterocycles. The van der Waals surface area contributed by atoms with Crippen LogP contribution in [0.3, 0.4) is 0 Å². The number of carbonyl (C=O) groups is 2. The lowest BCUT2D eigenvalue weighted by atomic mass is 9.68. The highest BCUT2D eigenvalue weighted by Gasteiger charge is 2.62. The van der Waals surface area contributed by atoms with E-state index in [-0.39, 0.29) is 10.9 Å². The molecule has 0 amide bonds. The third-order valence-corrected chi connectivity index (χ3v) is 11.7. The molecule has 41 heavy (non-hydrogen) atoms. The Kier molecular flexibility index (Phi) is 9.02. The van der Waals surface area contributed by atoms with Gasteiger partial charge in [0.1, 0.15) is 34.4 Å². The first-order valence-electron chi connectivity index (χ1n) is 13.0. The van der Waals surface area contributed by atoms with Gasteiger partial charge in [0.05, 0.1) is 19.1 Å². The normalized spacial score (nSPS) is 14.0. The molecule has 0 radical (unpaired) electrons. The summed E-state index contributed by atoms with van der Waals surface area (Å²) in [5.74, 6) is -3.94. The van der Waals surface area contributed by atoms with Gasteiger partial charge in [0.15, 0.2) is 11.2 Å². The monoisotopic (exact) mass is 563 g/mol. The summed E-state index contributed by atoms with van der Waals surface area (Å²) in [6, 6.07) is 38.7. The lowest BCUT2D eigenvalue weighted by Gasteiger charge is -2.39. The molecule has 0 aliphatic heterocycles. The van der Waals surface area contributed by atoms with Crippen LogP contribution in [0.1, 0.15) is 12.5 Å². The highest BCUT2D eigenvalue weighted by molar-refractivity contribution is 7.99. The largest absolute Gasteiger partial charge is 0.614 e. The second-order valence-corrected chi connectivity index (χ2v) is 12.7. The minimum Gasteiger partial charge on any atom is -0.614 e. The van der Waals surface area contributed by atoms with Crippen LogP contribution in [0.25, 0.3) is 0 Å². The highest BCUT2D eigenvalue weighted by Crippen LogP contribution is 2.67. The van der Waals surface area contributed by atoms with Crippen molar-refractivity contribution in [2.45, 2.75) is 12.3 Å². The van der Waals surface area contributed by atoms with Crippen molar-refractivity contribution in [3.05, 3.63) is 138 Å². The zero-order valence-electron chi connectivity index (χ0n) is 23.1. The number of ketones is 1. The van der Waals surface area contributed by atoms with Crippen LogP contribution >= 0.6 is 7.26 Å². The van der Waals surface area contributed by atoms with Gasteiger partial charge in [0.25, 0.3) is 0 Å². The fourth-order valence-corrected chi connectivity index (χ4v) is 10.1. The standard InChI is InChI=1S/C34H30NO5P/c1-25(36)34(24-35,26-16-8-4-9-17-26)30(32(37)39-2)31(33(38)40-3)41(27-18-10-5-11-19-27,28-20-12-6-13-21-28)29-22-14-7-15-23-29/h4-23,30H,1-3H3/b33-31-. The molecule has 0 heterocycles. The maximum atomic E-state index is 14.3. The van der Waals surface area contributed by atoms with Crippen LogP contribution in [-0.4, -0.2) is 26.0 Å². The number of ether oxygens (including phenoxy) is 2. The highest BCUT2D eigenvalue weighted by atomic mass is 31.2. The topological polar surface area (TPSA) is 99.4 Å². The fraction of sp³-hybridized carbons (Fsp3) is 0.147. The fourth-order valence-electron chi connectivity index (χ4n) is 5.47. The molecule has 0 N–H and O–H groups in total. The molecule has 0 fully saturated rings. The number of hydrogen-bond donors (Lipinski definition) is 0. The van der Waals surface area contributed by atoms with Gasteiger partial charge in [-0.25, -0.2) is 0 Å². The Bertz CT molecular complexity index is 1470. The molecule has 7 heteroatoms. The molecule has 0 spiro atoms. The lowest BCUT2D eigenvalue weighted by molar-refractivity contribution is -0.354. The molecule has 0 aliphatic carbocycles. The third kappa shape index (κ3) is 5.01. The summed E-state index contributed by atoms with van der Waals surface area (Å²) in [6.45, 7) is 1.26. The van der Waals surface area contributed by atoms with Crippen LogP contribution in [0.2, 0.25) is 0 Å². The summed E-state index contributed by atoms with van der Waals surface area (Å²) in [4.78, 5) is 27.8. The Morgan fingerprint density at radius 1 is 0.732 bits per heavy atom. The van der Waals surface area contributed by atoms with Gasteiger partial charge in [0.2, 0.25) is 0 Å². The number of carbonyl (C=O) groups excluding carboxylic acids is 2. The van der Waals surface area contributed by atoms with E-state index in [0.29, 0.717) is 0 Å². The molecular weight excluding hydrogens is 533 g/mol. The van der Waals surface area contributed by atoms with E-state index in [1.54, 1.807) is 30.3 Å². The Balaban J connectivity index is 2.30. The number of benzene rings is 4. The van der Waals surface area contributed by atoms with E-state index in [1.165, 1.54) is 21.1 Å². The van der Waals surface area contributed by atoms with Gasteiger partial charge in [0, 0.05) is 0 Å². The van der Waals surface area contributed by atoms with Crippen LogP contribution < -0.4 is 21.0 Å². The smallest absolute Gasteiger partial charge is 0.319 e.